The Hall–Kier alpha value is -1.41. The maximum Gasteiger partial charge on any atom is 0.269 e. The Morgan fingerprint density at radius 1 is 1.48 bits per heavy atom. The SMILES string of the molecule is Cl.NC(C(=O)NCc1cc([N+](=O)[O-])ccc1Cl)C1CCOCC1. The largest absolute Gasteiger partial charge is 0.381 e. The Kier molecular flexibility index (Phi) is 7.70. The van der Waals surface area contributed by atoms with E-state index in [1.165, 1.54) is 18.2 Å². The second-order valence-corrected chi connectivity index (χ2v) is 5.63. The summed E-state index contributed by atoms with van der Waals surface area (Å²) in [5, 5.41) is 13.8. The third-order valence-electron chi connectivity index (χ3n) is 3.77. The molecule has 3 N–H and O–H groups in total. The minimum atomic E-state index is -0.610. The predicted octanol–water partition coefficient (Wildman–Crippen LogP) is 2.04. The van der Waals surface area contributed by atoms with E-state index in [1.54, 1.807) is 0 Å². The fourth-order valence-corrected chi connectivity index (χ4v) is 2.58. The van der Waals surface area contributed by atoms with Gasteiger partial charge in [0.05, 0.1) is 11.0 Å². The van der Waals surface area contributed by atoms with Crippen LogP contribution in [0, 0.1) is 16.0 Å². The lowest BCUT2D eigenvalue weighted by Gasteiger charge is -2.26. The van der Waals surface area contributed by atoms with Crippen LogP contribution in [0.3, 0.4) is 0 Å². The van der Waals surface area contributed by atoms with E-state index in [2.05, 4.69) is 5.32 Å². The first-order valence-electron chi connectivity index (χ1n) is 7.03. The minimum Gasteiger partial charge on any atom is -0.381 e. The second-order valence-electron chi connectivity index (χ2n) is 5.23. The van der Waals surface area contributed by atoms with Crippen molar-refractivity contribution in [2.75, 3.05) is 13.2 Å². The molecule has 0 spiro atoms. The molecular weight excluding hydrogens is 345 g/mol. The summed E-state index contributed by atoms with van der Waals surface area (Å²) in [4.78, 5) is 22.3. The van der Waals surface area contributed by atoms with Gasteiger partial charge in [0.1, 0.15) is 0 Å². The Morgan fingerprint density at radius 3 is 2.74 bits per heavy atom. The Bertz CT molecular complexity index is 565. The van der Waals surface area contributed by atoms with E-state index in [9.17, 15) is 14.9 Å². The average molecular weight is 364 g/mol. The van der Waals surface area contributed by atoms with E-state index >= 15 is 0 Å². The van der Waals surface area contributed by atoms with Crippen molar-refractivity contribution >= 4 is 35.6 Å². The number of hydrogen-bond acceptors (Lipinski definition) is 5. The Morgan fingerprint density at radius 2 is 2.13 bits per heavy atom. The summed E-state index contributed by atoms with van der Waals surface area (Å²) in [6, 6.07) is 3.50. The van der Waals surface area contributed by atoms with E-state index in [0.717, 1.165) is 12.8 Å². The van der Waals surface area contributed by atoms with Crippen LogP contribution in [0.2, 0.25) is 5.02 Å². The lowest BCUT2D eigenvalue weighted by Crippen LogP contribution is -2.46. The first-order chi connectivity index (χ1) is 10.5. The van der Waals surface area contributed by atoms with Gasteiger partial charge in [-0.15, -0.1) is 12.4 Å². The number of rotatable bonds is 5. The molecule has 1 atom stereocenters. The highest BCUT2D eigenvalue weighted by atomic mass is 35.5. The molecule has 1 aliphatic heterocycles. The van der Waals surface area contributed by atoms with Crippen molar-refractivity contribution in [2.24, 2.45) is 11.7 Å². The average Bonchev–Trinajstić information content (AvgIpc) is 2.53. The molecule has 9 heteroatoms. The van der Waals surface area contributed by atoms with Gasteiger partial charge in [0.2, 0.25) is 5.91 Å². The molecule has 1 heterocycles. The van der Waals surface area contributed by atoms with Crippen molar-refractivity contribution in [3.63, 3.8) is 0 Å². The molecule has 0 aromatic heterocycles. The minimum absolute atomic E-state index is 0. The maximum atomic E-state index is 12.1. The topological polar surface area (TPSA) is 107 Å². The number of nitrogens with zero attached hydrogens (tertiary/aromatic N) is 1. The number of carbonyl (C=O) groups excluding carboxylic acids is 1. The van der Waals surface area contributed by atoms with E-state index in [1.807, 2.05) is 0 Å². The van der Waals surface area contributed by atoms with Gasteiger partial charge in [-0.2, -0.15) is 0 Å². The molecule has 0 saturated carbocycles. The van der Waals surface area contributed by atoms with Crippen molar-refractivity contribution < 1.29 is 14.5 Å². The van der Waals surface area contributed by atoms with Crippen molar-refractivity contribution in [3.05, 3.63) is 38.9 Å². The molecule has 1 fully saturated rings. The zero-order valence-corrected chi connectivity index (χ0v) is 13.9. The van der Waals surface area contributed by atoms with Crippen LogP contribution in [-0.4, -0.2) is 30.1 Å². The van der Waals surface area contributed by atoms with Crippen molar-refractivity contribution in [3.8, 4) is 0 Å². The molecule has 1 unspecified atom stereocenters. The molecule has 1 aromatic rings. The molecule has 1 aromatic carbocycles. The van der Waals surface area contributed by atoms with Crippen molar-refractivity contribution in [2.45, 2.75) is 25.4 Å². The maximum absolute atomic E-state index is 12.1. The molecular formula is C14H19Cl2N3O4. The van der Waals surface area contributed by atoms with Gasteiger partial charge in [0.15, 0.2) is 0 Å². The van der Waals surface area contributed by atoms with Gasteiger partial charge in [-0.1, -0.05) is 11.6 Å². The van der Waals surface area contributed by atoms with Crippen LogP contribution in [-0.2, 0) is 16.1 Å². The highest BCUT2D eigenvalue weighted by Gasteiger charge is 2.26. The fraction of sp³-hybridized carbons (Fsp3) is 0.500. The molecule has 23 heavy (non-hydrogen) atoms. The lowest BCUT2D eigenvalue weighted by molar-refractivity contribution is -0.384. The summed E-state index contributed by atoms with van der Waals surface area (Å²) in [5.74, 6) is -0.191. The number of nitrogens with one attached hydrogen (secondary N) is 1. The quantitative estimate of drug-likeness (QED) is 0.614. The highest BCUT2D eigenvalue weighted by Crippen LogP contribution is 2.22. The smallest absolute Gasteiger partial charge is 0.269 e. The Labute approximate surface area is 145 Å². The first-order valence-corrected chi connectivity index (χ1v) is 7.40. The number of halogens is 2. The summed E-state index contributed by atoms with van der Waals surface area (Å²) in [5.41, 5.74) is 6.39. The number of non-ortho nitro benzene ring substituents is 1. The van der Waals surface area contributed by atoms with E-state index in [4.69, 9.17) is 22.1 Å². The van der Waals surface area contributed by atoms with Crippen molar-refractivity contribution in [1.29, 1.82) is 0 Å². The molecule has 1 amide bonds. The molecule has 1 aliphatic rings. The molecule has 7 nitrogen and oxygen atoms in total. The summed E-state index contributed by atoms with van der Waals surface area (Å²) in [6.45, 7) is 1.33. The number of benzene rings is 1. The van der Waals surface area contributed by atoms with Gasteiger partial charge in [-0.25, -0.2) is 0 Å². The molecule has 0 radical (unpaired) electrons. The number of hydrogen-bond donors (Lipinski definition) is 2. The summed E-state index contributed by atoms with van der Waals surface area (Å²) < 4.78 is 5.24. The Balaban J connectivity index is 0.00000264. The van der Waals surface area contributed by atoms with Crippen LogP contribution in [0.15, 0.2) is 18.2 Å². The summed E-state index contributed by atoms with van der Waals surface area (Å²) >= 11 is 5.99. The normalized spacial score (nSPS) is 16.3. The van der Waals surface area contributed by atoms with E-state index < -0.39 is 11.0 Å². The van der Waals surface area contributed by atoms with Crippen LogP contribution in [0.1, 0.15) is 18.4 Å². The lowest BCUT2D eigenvalue weighted by atomic mass is 9.92. The first kappa shape index (κ1) is 19.6. The van der Waals surface area contributed by atoms with Crippen LogP contribution in [0.5, 0.6) is 0 Å². The van der Waals surface area contributed by atoms with Crippen molar-refractivity contribution in [1.82, 2.24) is 5.32 Å². The zero-order valence-electron chi connectivity index (χ0n) is 12.4. The highest BCUT2D eigenvalue weighted by molar-refractivity contribution is 6.31. The molecule has 1 saturated heterocycles. The molecule has 0 bridgehead atoms. The monoisotopic (exact) mass is 363 g/mol. The van der Waals surface area contributed by atoms with E-state index in [0.29, 0.717) is 23.8 Å². The second kappa shape index (κ2) is 9.02. The number of carbonyl (C=O) groups is 1. The third-order valence-corrected chi connectivity index (χ3v) is 4.14. The van der Waals surface area contributed by atoms with Crippen LogP contribution in [0.25, 0.3) is 0 Å². The van der Waals surface area contributed by atoms with Gasteiger partial charge in [0.25, 0.3) is 5.69 Å². The van der Waals surface area contributed by atoms with Crippen LogP contribution in [0.4, 0.5) is 5.69 Å². The number of nitrogens with two attached hydrogens (primary N) is 1. The number of nitro groups is 1. The van der Waals surface area contributed by atoms with Gasteiger partial charge in [-0.05, 0) is 30.4 Å². The van der Waals surface area contributed by atoms with Crippen LogP contribution >= 0.6 is 24.0 Å². The van der Waals surface area contributed by atoms with Gasteiger partial charge >= 0.3 is 0 Å². The zero-order chi connectivity index (χ0) is 16.1. The molecule has 128 valence electrons. The summed E-state index contributed by atoms with van der Waals surface area (Å²) in [6.07, 6.45) is 1.51. The standard InChI is InChI=1S/C14H18ClN3O4.ClH/c15-12-2-1-11(18(20)21)7-10(12)8-17-14(19)13(16)9-3-5-22-6-4-9;/h1-2,7,9,13H,3-6,8,16H2,(H,17,19);1H. The number of ether oxygens (including phenoxy) is 1. The number of nitro benzene ring substituents is 1. The number of amides is 1. The molecule has 2 rings (SSSR count). The van der Waals surface area contributed by atoms with Gasteiger partial charge in [0, 0.05) is 36.9 Å². The predicted molar refractivity (Wildman–Crippen MR) is 88.7 cm³/mol. The van der Waals surface area contributed by atoms with Crippen LogP contribution < -0.4 is 11.1 Å². The molecule has 0 aliphatic carbocycles. The van der Waals surface area contributed by atoms with Gasteiger partial charge < -0.3 is 15.8 Å². The summed E-state index contributed by atoms with van der Waals surface area (Å²) in [7, 11) is 0. The third kappa shape index (κ3) is 5.31. The van der Waals surface area contributed by atoms with E-state index in [-0.39, 0.29) is 36.5 Å². The fourth-order valence-electron chi connectivity index (χ4n) is 2.40. The van der Waals surface area contributed by atoms with Gasteiger partial charge in [-0.3, -0.25) is 14.9 Å².